The first kappa shape index (κ1) is 17.3. The smallest absolute Gasteiger partial charge is 0.220 e. The molecule has 25 heavy (non-hydrogen) atoms. The first-order valence-corrected chi connectivity index (χ1v) is 9.03. The number of H-pyrrole nitrogens is 1. The molecule has 3 heteroatoms. The number of para-hydroxylation sites is 1. The maximum Gasteiger partial charge on any atom is 0.220 e. The maximum atomic E-state index is 12.2. The molecule has 1 heterocycles. The highest BCUT2D eigenvalue weighted by Gasteiger charge is 2.18. The van der Waals surface area contributed by atoms with Crippen LogP contribution < -0.4 is 5.32 Å². The van der Waals surface area contributed by atoms with E-state index >= 15 is 0 Å². The van der Waals surface area contributed by atoms with Crippen molar-refractivity contribution in [3.05, 3.63) is 71.9 Å². The number of aromatic amines is 1. The highest BCUT2D eigenvalue weighted by molar-refractivity contribution is 5.84. The zero-order valence-electron chi connectivity index (χ0n) is 15.0. The van der Waals surface area contributed by atoms with Gasteiger partial charge in [-0.15, -0.1) is 0 Å². The molecule has 1 amide bonds. The number of aromatic nitrogens is 1. The third-order valence-electron chi connectivity index (χ3n) is 4.65. The van der Waals surface area contributed by atoms with Crippen LogP contribution in [0.5, 0.6) is 0 Å². The lowest BCUT2D eigenvalue weighted by atomic mass is 9.91. The quantitative estimate of drug-likeness (QED) is 0.637. The lowest BCUT2D eigenvalue weighted by Crippen LogP contribution is -2.28. The average molecular weight is 334 g/mol. The summed E-state index contributed by atoms with van der Waals surface area (Å²) in [5, 5.41) is 4.35. The SMILES string of the molecule is CC(C)CCC(=O)NCC(c1ccccc1)c1c[nH]c2ccccc12. The van der Waals surface area contributed by atoms with Gasteiger partial charge in [0, 0.05) is 36.0 Å². The summed E-state index contributed by atoms with van der Waals surface area (Å²) in [4.78, 5) is 15.6. The Bertz CT molecular complexity index is 820. The predicted octanol–water partition coefficient (Wildman–Crippen LogP) is 4.85. The Hall–Kier alpha value is -2.55. The van der Waals surface area contributed by atoms with Crippen LogP contribution in [0.1, 0.15) is 43.7 Å². The van der Waals surface area contributed by atoms with Gasteiger partial charge in [-0.1, -0.05) is 62.4 Å². The molecule has 0 fully saturated rings. The molecule has 1 unspecified atom stereocenters. The fraction of sp³-hybridized carbons (Fsp3) is 0.318. The molecule has 0 aliphatic carbocycles. The van der Waals surface area contributed by atoms with Crippen LogP contribution in [-0.4, -0.2) is 17.4 Å². The Morgan fingerprint density at radius 2 is 1.76 bits per heavy atom. The molecule has 0 bridgehead atoms. The number of fused-ring (bicyclic) bond motifs is 1. The summed E-state index contributed by atoms with van der Waals surface area (Å²) < 4.78 is 0. The van der Waals surface area contributed by atoms with Crippen molar-refractivity contribution >= 4 is 16.8 Å². The molecule has 0 aliphatic rings. The van der Waals surface area contributed by atoms with Gasteiger partial charge in [0.25, 0.3) is 0 Å². The molecule has 0 spiro atoms. The summed E-state index contributed by atoms with van der Waals surface area (Å²) in [5.74, 6) is 0.819. The average Bonchev–Trinajstić information content (AvgIpc) is 3.05. The van der Waals surface area contributed by atoms with Crippen molar-refractivity contribution in [2.24, 2.45) is 5.92 Å². The monoisotopic (exact) mass is 334 g/mol. The summed E-state index contributed by atoms with van der Waals surface area (Å²) in [6, 6.07) is 18.7. The van der Waals surface area contributed by atoms with Crippen molar-refractivity contribution in [3.63, 3.8) is 0 Å². The van der Waals surface area contributed by atoms with Crippen molar-refractivity contribution in [1.29, 1.82) is 0 Å². The number of nitrogens with one attached hydrogen (secondary N) is 2. The second-order valence-corrected chi connectivity index (χ2v) is 6.99. The summed E-state index contributed by atoms with van der Waals surface area (Å²) in [6.45, 7) is 4.90. The number of amides is 1. The van der Waals surface area contributed by atoms with E-state index in [1.54, 1.807) is 0 Å². The Labute approximate surface area is 149 Å². The molecule has 1 aromatic heterocycles. The molecule has 3 aromatic rings. The Kier molecular flexibility index (Phi) is 5.54. The van der Waals surface area contributed by atoms with Gasteiger partial charge in [-0.3, -0.25) is 4.79 Å². The van der Waals surface area contributed by atoms with E-state index in [0.717, 1.165) is 11.9 Å². The zero-order chi connectivity index (χ0) is 17.6. The second-order valence-electron chi connectivity index (χ2n) is 6.99. The van der Waals surface area contributed by atoms with E-state index in [9.17, 15) is 4.79 Å². The van der Waals surface area contributed by atoms with E-state index in [2.05, 4.69) is 72.8 Å². The van der Waals surface area contributed by atoms with Crippen LogP contribution >= 0.6 is 0 Å². The summed E-state index contributed by atoms with van der Waals surface area (Å²) in [5.41, 5.74) is 3.58. The molecule has 2 N–H and O–H groups in total. The van der Waals surface area contributed by atoms with E-state index in [1.807, 2.05) is 12.1 Å². The van der Waals surface area contributed by atoms with Gasteiger partial charge < -0.3 is 10.3 Å². The lowest BCUT2D eigenvalue weighted by Gasteiger charge is -2.18. The minimum absolute atomic E-state index is 0.134. The van der Waals surface area contributed by atoms with E-state index < -0.39 is 0 Å². The number of hydrogen-bond acceptors (Lipinski definition) is 1. The van der Waals surface area contributed by atoms with Gasteiger partial charge in [-0.05, 0) is 29.5 Å². The third kappa shape index (κ3) is 4.30. The molecule has 1 atom stereocenters. The number of rotatable bonds is 7. The van der Waals surface area contributed by atoms with Crippen molar-refractivity contribution < 1.29 is 4.79 Å². The van der Waals surface area contributed by atoms with Crippen LogP contribution in [0.4, 0.5) is 0 Å². The van der Waals surface area contributed by atoms with E-state index in [4.69, 9.17) is 0 Å². The molecule has 130 valence electrons. The fourth-order valence-corrected chi connectivity index (χ4v) is 3.20. The Morgan fingerprint density at radius 3 is 2.52 bits per heavy atom. The second kappa shape index (κ2) is 8.02. The van der Waals surface area contributed by atoms with Gasteiger partial charge in [-0.2, -0.15) is 0 Å². The molecule has 0 aliphatic heterocycles. The van der Waals surface area contributed by atoms with E-state index in [-0.39, 0.29) is 11.8 Å². The van der Waals surface area contributed by atoms with E-state index in [0.29, 0.717) is 18.9 Å². The molecule has 3 rings (SSSR count). The van der Waals surface area contributed by atoms with Crippen LogP contribution in [0.25, 0.3) is 10.9 Å². The van der Waals surface area contributed by atoms with Crippen molar-refractivity contribution in [2.45, 2.75) is 32.6 Å². The topological polar surface area (TPSA) is 44.9 Å². The molecule has 0 saturated heterocycles. The largest absolute Gasteiger partial charge is 0.361 e. The predicted molar refractivity (Wildman–Crippen MR) is 104 cm³/mol. The van der Waals surface area contributed by atoms with E-state index in [1.165, 1.54) is 16.5 Å². The number of carbonyl (C=O) groups excluding carboxylic acids is 1. The minimum Gasteiger partial charge on any atom is -0.361 e. The highest BCUT2D eigenvalue weighted by atomic mass is 16.1. The Morgan fingerprint density at radius 1 is 1.04 bits per heavy atom. The summed E-state index contributed by atoms with van der Waals surface area (Å²) >= 11 is 0. The molecule has 3 nitrogen and oxygen atoms in total. The van der Waals surface area contributed by atoms with Gasteiger partial charge >= 0.3 is 0 Å². The number of benzene rings is 2. The van der Waals surface area contributed by atoms with Gasteiger partial charge in [0.05, 0.1) is 0 Å². The van der Waals surface area contributed by atoms with Crippen LogP contribution in [0.15, 0.2) is 60.8 Å². The van der Waals surface area contributed by atoms with Gasteiger partial charge in [0.2, 0.25) is 5.91 Å². The first-order valence-electron chi connectivity index (χ1n) is 9.03. The molecule has 0 saturated carbocycles. The summed E-state index contributed by atoms with van der Waals surface area (Å²) in [6.07, 6.45) is 3.59. The van der Waals surface area contributed by atoms with Gasteiger partial charge in [0.15, 0.2) is 0 Å². The number of carbonyl (C=O) groups is 1. The maximum absolute atomic E-state index is 12.2. The fourth-order valence-electron chi connectivity index (χ4n) is 3.20. The Balaban J connectivity index is 1.83. The standard InChI is InChI=1S/C22H26N2O/c1-16(2)12-13-22(25)24-14-19(17-8-4-3-5-9-17)20-15-23-21-11-7-6-10-18(20)21/h3-11,15-16,19,23H,12-14H2,1-2H3,(H,24,25). The molecule has 2 aromatic carbocycles. The van der Waals surface area contributed by atoms with Crippen LogP contribution in [-0.2, 0) is 4.79 Å². The van der Waals surface area contributed by atoms with Crippen LogP contribution in [0, 0.1) is 5.92 Å². The first-order chi connectivity index (χ1) is 12.1. The minimum atomic E-state index is 0.134. The van der Waals surface area contributed by atoms with Crippen molar-refractivity contribution in [2.75, 3.05) is 6.54 Å². The van der Waals surface area contributed by atoms with Crippen molar-refractivity contribution in [1.82, 2.24) is 10.3 Å². The summed E-state index contributed by atoms with van der Waals surface area (Å²) in [7, 11) is 0. The lowest BCUT2D eigenvalue weighted by molar-refractivity contribution is -0.121. The number of hydrogen-bond donors (Lipinski definition) is 2. The highest BCUT2D eigenvalue weighted by Crippen LogP contribution is 2.30. The van der Waals surface area contributed by atoms with Crippen LogP contribution in [0.3, 0.4) is 0 Å². The molecular formula is C22H26N2O. The molecular weight excluding hydrogens is 308 g/mol. The normalized spacial score (nSPS) is 12.4. The van der Waals surface area contributed by atoms with Gasteiger partial charge in [-0.25, -0.2) is 0 Å². The zero-order valence-corrected chi connectivity index (χ0v) is 15.0. The molecule has 0 radical (unpaired) electrons. The third-order valence-corrected chi connectivity index (χ3v) is 4.65. The van der Waals surface area contributed by atoms with Crippen molar-refractivity contribution in [3.8, 4) is 0 Å². The van der Waals surface area contributed by atoms with Gasteiger partial charge in [0.1, 0.15) is 0 Å². The van der Waals surface area contributed by atoms with Crippen LogP contribution in [0.2, 0.25) is 0 Å².